The lowest BCUT2D eigenvalue weighted by molar-refractivity contribution is 0.0699. The molecule has 0 fully saturated rings. The predicted molar refractivity (Wildman–Crippen MR) is 81.0 cm³/mol. The summed E-state index contributed by atoms with van der Waals surface area (Å²) in [5, 5.41) is 10.1. The summed E-state index contributed by atoms with van der Waals surface area (Å²) in [5.41, 5.74) is 2.52. The molecular formula is C16H11BrO3. The normalized spacial score (nSPS) is 10.9. The molecule has 2 aromatic carbocycles. The minimum Gasteiger partial charge on any atom is -0.478 e. The van der Waals surface area contributed by atoms with Crippen LogP contribution in [0, 0.1) is 6.92 Å². The van der Waals surface area contributed by atoms with Gasteiger partial charge in [-0.3, -0.25) is 0 Å². The maximum absolute atomic E-state index is 11.6. The van der Waals surface area contributed by atoms with E-state index in [0.717, 1.165) is 15.6 Å². The van der Waals surface area contributed by atoms with Crippen LogP contribution in [0.1, 0.15) is 15.9 Å². The van der Waals surface area contributed by atoms with E-state index in [4.69, 9.17) is 4.42 Å². The fourth-order valence-corrected chi connectivity index (χ4v) is 2.54. The largest absolute Gasteiger partial charge is 0.478 e. The summed E-state index contributed by atoms with van der Waals surface area (Å²) in [6, 6.07) is 12.9. The van der Waals surface area contributed by atoms with E-state index in [-0.39, 0.29) is 5.56 Å². The fourth-order valence-electron chi connectivity index (χ4n) is 2.28. The molecule has 0 amide bonds. The van der Waals surface area contributed by atoms with Crippen LogP contribution < -0.4 is 0 Å². The van der Waals surface area contributed by atoms with Crippen LogP contribution in [-0.4, -0.2) is 11.1 Å². The van der Waals surface area contributed by atoms with Crippen LogP contribution >= 0.6 is 15.9 Å². The minimum absolute atomic E-state index is 0.214. The van der Waals surface area contributed by atoms with E-state index in [9.17, 15) is 9.90 Å². The van der Waals surface area contributed by atoms with Crippen molar-refractivity contribution in [3.63, 3.8) is 0 Å². The van der Waals surface area contributed by atoms with E-state index in [1.807, 2.05) is 43.3 Å². The lowest BCUT2D eigenvalue weighted by Gasteiger charge is -1.99. The van der Waals surface area contributed by atoms with Gasteiger partial charge in [0.25, 0.3) is 0 Å². The SMILES string of the molecule is Cc1cccc2c(C(=O)O)c(-c3ccc(Br)cc3)oc12. The van der Waals surface area contributed by atoms with Crippen LogP contribution in [0.2, 0.25) is 0 Å². The number of benzene rings is 2. The Bertz CT molecular complexity index is 800. The second-order valence-corrected chi connectivity index (χ2v) is 5.49. The Kier molecular flexibility index (Phi) is 3.10. The number of furan rings is 1. The molecule has 0 saturated carbocycles. The van der Waals surface area contributed by atoms with Crippen molar-refractivity contribution in [1.29, 1.82) is 0 Å². The molecule has 0 bridgehead atoms. The van der Waals surface area contributed by atoms with Gasteiger partial charge in [0, 0.05) is 15.4 Å². The van der Waals surface area contributed by atoms with Crippen LogP contribution in [0.4, 0.5) is 0 Å². The van der Waals surface area contributed by atoms with Gasteiger partial charge in [0.05, 0.1) is 0 Å². The van der Waals surface area contributed by atoms with Gasteiger partial charge in [-0.05, 0) is 24.6 Å². The molecule has 20 heavy (non-hydrogen) atoms. The first-order valence-electron chi connectivity index (χ1n) is 6.09. The van der Waals surface area contributed by atoms with E-state index in [0.29, 0.717) is 16.7 Å². The number of carboxylic acids is 1. The molecule has 0 radical (unpaired) electrons. The highest BCUT2D eigenvalue weighted by atomic mass is 79.9. The van der Waals surface area contributed by atoms with Crippen molar-refractivity contribution in [3.8, 4) is 11.3 Å². The van der Waals surface area contributed by atoms with E-state index in [1.54, 1.807) is 6.07 Å². The molecule has 3 aromatic rings. The second kappa shape index (κ2) is 4.80. The molecule has 0 atom stereocenters. The fraction of sp³-hybridized carbons (Fsp3) is 0.0625. The Morgan fingerprint density at radius 1 is 1.15 bits per heavy atom. The number of rotatable bonds is 2. The van der Waals surface area contributed by atoms with Gasteiger partial charge in [0.2, 0.25) is 0 Å². The molecule has 1 aromatic heterocycles. The van der Waals surface area contributed by atoms with Gasteiger partial charge in [0.15, 0.2) is 0 Å². The van der Waals surface area contributed by atoms with Gasteiger partial charge >= 0.3 is 5.97 Å². The number of carbonyl (C=O) groups is 1. The van der Waals surface area contributed by atoms with E-state index < -0.39 is 5.97 Å². The van der Waals surface area contributed by atoms with Gasteiger partial charge in [-0.15, -0.1) is 0 Å². The van der Waals surface area contributed by atoms with Crippen molar-refractivity contribution < 1.29 is 14.3 Å². The lowest BCUT2D eigenvalue weighted by atomic mass is 10.0. The molecule has 0 spiro atoms. The third kappa shape index (κ3) is 2.02. The van der Waals surface area contributed by atoms with Gasteiger partial charge in [-0.25, -0.2) is 4.79 Å². The third-order valence-corrected chi connectivity index (χ3v) is 3.76. The first-order valence-corrected chi connectivity index (χ1v) is 6.88. The van der Waals surface area contributed by atoms with Crippen LogP contribution in [-0.2, 0) is 0 Å². The number of hydrogen-bond acceptors (Lipinski definition) is 2. The number of halogens is 1. The van der Waals surface area contributed by atoms with E-state index in [1.165, 1.54) is 0 Å². The molecule has 4 heteroatoms. The lowest BCUT2D eigenvalue weighted by Crippen LogP contribution is -1.97. The molecule has 0 saturated heterocycles. The monoisotopic (exact) mass is 330 g/mol. The summed E-state index contributed by atoms with van der Waals surface area (Å²) in [5.74, 6) is -0.582. The highest BCUT2D eigenvalue weighted by molar-refractivity contribution is 9.10. The highest BCUT2D eigenvalue weighted by Crippen LogP contribution is 2.35. The zero-order valence-corrected chi connectivity index (χ0v) is 12.3. The molecule has 1 N–H and O–H groups in total. The molecule has 3 rings (SSSR count). The van der Waals surface area contributed by atoms with Gasteiger partial charge in [0.1, 0.15) is 16.9 Å². The predicted octanol–water partition coefficient (Wildman–Crippen LogP) is 4.87. The van der Waals surface area contributed by atoms with Gasteiger partial charge < -0.3 is 9.52 Å². The third-order valence-electron chi connectivity index (χ3n) is 3.23. The van der Waals surface area contributed by atoms with Crippen molar-refractivity contribution in [1.82, 2.24) is 0 Å². The molecule has 0 aliphatic rings. The summed E-state index contributed by atoms with van der Waals surface area (Å²) < 4.78 is 6.76. The number of aryl methyl sites for hydroxylation is 1. The summed E-state index contributed by atoms with van der Waals surface area (Å²) >= 11 is 3.36. The number of hydrogen-bond donors (Lipinski definition) is 1. The zero-order valence-electron chi connectivity index (χ0n) is 10.7. The van der Waals surface area contributed by atoms with Gasteiger partial charge in [-0.1, -0.05) is 46.3 Å². The molecule has 3 nitrogen and oxygen atoms in total. The van der Waals surface area contributed by atoms with Crippen LogP contribution in [0.3, 0.4) is 0 Å². The molecule has 0 aliphatic heterocycles. The summed E-state index contributed by atoms with van der Waals surface area (Å²) in [6.07, 6.45) is 0. The van der Waals surface area contributed by atoms with Crippen molar-refractivity contribution >= 4 is 32.9 Å². The van der Waals surface area contributed by atoms with Crippen molar-refractivity contribution in [3.05, 3.63) is 58.1 Å². The van der Waals surface area contributed by atoms with Crippen LogP contribution in [0.5, 0.6) is 0 Å². The topological polar surface area (TPSA) is 50.4 Å². The quantitative estimate of drug-likeness (QED) is 0.729. The average Bonchev–Trinajstić information content (AvgIpc) is 2.80. The number of aromatic carboxylic acids is 1. The summed E-state index contributed by atoms with van der Waals surface area (Å²) in [7, 11) is 0. The standard InChI is InChI=1S/C16H11BrO3/c1-9-3-2-4-12-13(16(18)19)15(20-14(9)12)10-5-7-11(17)8-6-10/h2-8H,1H3,(H,18,19). The number of para-hydroxylation sites is 1. The maximum Gasteiger partial charge on any atom is 0.340 e. The summed E-state index contributed by atoms with van der Waals surface area (Å²) in [4.78, 5) is 11.6. The van der Waals surface area contributed by atoms with Crippen LogP contribution in [0.15, 0.2) is 51.4 Å². The first kappa shape index (κ1) is 12.9. The van der Waals surface area contributed by atoms with E-state index in [2.05, 4.69) is 15.9 Å². The Balaban J connectivity index is 2.35. The van der Waals surface area contributed by atoms with Crippen LogP contribution in [0.25, 0.3) is 22.3 Å². The maximum atomic E-state index is 11.6. The smallest absolute Gasteiger partial charge is 0.340 e. The Morgan fingerprint density at radius 2 is 1.85 bits per heavy atom. The molecule has 1 heterocycles. The molecule has 100 valence electrons. The summed E-state index contributed by atoms with van der Waals surface area (Å²) in [6.45, 7) is 1.91. The highest BCUT2D eigenvalue weighted by Gasteiger charge is 2.22. The second-order valence-electron chi connectivity index (χ2n) is 4.57. The Labute approximate surface area is 124 Å². The van der Waals surface area contributed by atoms with Crippen molar-refractivity contribution in [2.24, 2.45) is 0 Å². The first-order chi connectivity index (χ1) is 9.58. The number of fused-ring (bicyclic) bond motifs is 1. The Hall–Kier alpha value is -2.07. The zero-order chi connectivity index (χ0) is 14.3. The minimum atomic E-state index is -0.979. The number of carboxylic acid groups (broad SMARTS) is 1. The van der Waals surface area contributed by atoms with Gasteiger partial charge in [-0.2, -0.15) is 0 Å². The van der Waals surface area contributed by atoms with Crippen molar-refractivity contribution in [2.75, 3.05) is 0 Å². The Morgan fingerprint density at radius 3 is 2.50 bits per heavy atom. The molecule has 0 aliphatic carbocycles. The molecule has 0 unspecified atom stereocenters. The average molecular weight is 331 g/mol. The van der Waals surface area contributed by atoms with E-state index >= 15 is 0 Å². The molecular weight excluding hydrogens is 320 g/mol. The van der Waals surface area contributed by atoms with Crippen molar-refractivity contribution in [2.45, 2.75) is 6.92 Å².